The Labute approximate surface area is 130 Å². The van der Waals surface area contributed by atoms with Gasteiger partial charge in [-0.15, -0.1) is 0 Å². The normalized spacial score (nSPS) is 12.2. The van der Waals surface area contributed by atoms with Gasteiger partial charge in [0.2, 0.25) is 0 Å². The van der Waals surface area contributed by atoms with Crippen molar-refractivity contribution in [2.75, 3.05) is 5.32 Å². The van der Waals surface area contributed by atoms with Gasteiger partial charge >= 0.3 is 0 Å². The Balaban J connectivity index is 2.01. The molecule has 0 radical (unpaired) electrons. The summed E-state index contributed by atoms with van der Waals surface area (Å²) in [6.07, 6.45) is 1.03. The van der Waals surface area contributed by atoms with E-state index in [1.165, 1.54) is 9.13 Å². The summed E-state index contributed by atoms with van der Waals surface area (Å²) in [5.74, 6) is 0. The van der Waals surface area contributed by atoms with Crippen molar-refractivity contribution >= 4 is 44.2 Å². The molecular weight excluding hydrogens is 401 g/mol. The van der Waals surface area contributed by atoms with Crippen LogP contribution in [-0.2, 0) is 6.42 Å². The van der Waals surface area contributed by atoms with Crippen molar-refractivity contribution in [1.29, 1.82) is 0 Å². The van der Waals surface area contributed by atoms with Crippen molar-refractivity contribution in [2.45, 2.75) is 19.4 Å². The van der Waals surface area contributed by atoms with Crippen LogP contribution in [-0.4, -0.2) is 6.04 Å². The number of nitrogens with one attached hydrogen (secondary N) is 1. The highest BCUT2D eigenvalue weighted by Crippen LogP contribution is 2.25. The average molecular weight is 416 g/mol. The third-order valence-corrected chi connectivity index (χ3v) is 4.04. The Hall–Kier alpha value is -0.550. The third kappa shape index (κ3) is 3.99. The van der Waals surface area contributed by atoms with Crippen LogP contribution < -0.4 is 5.32 Å². The van der Waals surface area contributed by atoms with Crippen molar-refractivity contribution < 1.29 is 0 Å². The molecule has 0 saturated carbocycles. The largest absolute Gasteiger partial charge is 0.381 e. The highest BCUT2D eigenvalue weighted by molar-refractivity contribution is 14.1. The predicted molar refractivity (Wildman–Crippen MR) is 90.1 cm³/mol. The maximum Gasteiger partial charge on any atom is 0.0487 e. The van der Waals surface area contributed by atoms with Crippen LogP contribution in [0.25, 0.3) is 0 Å². The maximum atomic E-state index is 3.59. The minimum absolute atomic E-state index is 0.406. The first-order valence-electron chi connectivity index (χ1n) is 5.90. The Bertz CT molecular complexity index is 513. The van der Waals surface area contributed by atoms with Gasteiger partial charge in [-0.2, -0.15) is 0 Å². The van der Waals surface area contributed by atoms with E-state index in [-0.39, 0.29) is 0 Å². The molecule has 0 aliphatic rings. The Morgan fingerprint density at radius 2 is 1.89 bits per heavy atom. The number of hydrogen-bond acceptors (Lipinski definition) is 1. The molecule has 2 rings (SSSR count). The van der Waals surface area contributed by atoms with Gasteiger partial charge in [0.1, 0.15) is 0 Å². The van der Waals surface area contributed by atoms with Crippen LogP contribution in [0.1, 0.15) is 12.5 Å². The number of benzene rings is 2. The van der Waals surface area contributed by atoms with E-state index >= 15 is 0 Å². The van der Waals surface area contributed by atoms with E-state index in [1.807, 2.05) is 0 Å². The van der Waals surface area contributed by atoms with Gasteiger partial charge in [0, 0.05) is 19.8 Å². The molecule has 1 N–H and O–H groups in total. The molecule has 0 aliphatic carbocycles. The third-order valence-electron chi connectivity index (χ3n) is 2.72. The van der Waals surface area contributed by atoms with Crippen molar-refractivity contribution in [1.82, 2.24) is 0 Å². The van der Waals surface area contributed by atoms with E-state index in [0.717, 1.165) is 16.6 Å². The van der Waals surface area contributed by atoms with Gasteiger partial charge in [-0.05, 0) is 75.6 Å². The first-order valence-corrected chi connectivity index (χ1v) is 7.78. The maximum absolute atomic E-state index is 3.59. The lowest BCUT2D eigenvalue weighted by Gasteiger charge is -2.16. The number of hydrogen-bond donors (Lipinski definition) is 1. The first-order chi connectivity index (χ1) is 8.65. The summed E-state index contributed by atoms with van der Waals surface area (Å²) in [5.41, 5.74) is 2.51. The molecule has 1 atom stereocenters. The van der Waals surface area contributed by atoms with E-state index in [2.05, 4.69) is 99.3 Å². The fourth-order valence-corrected chi connectivity index (χ4v) is 3.30. The Morgan fingerprint density at radius 1 is 1.17 bits per heavy atom. The zero-order valence-electron chi connectivity index (χ0n) is 10.2. The number of rotatable bonds is 4. The topological polar surface area (TPSA) is 12.0 Å². The Morgan fingerprint density at radius 3 is 2.56 bits per heavy atom. The quantitative estimate of drug-likeness (QED) is 0.685. The van der Waals surface area contributed by atoms with Crippen molar-refractivity contribution in [2.24, 2.45) is 0 Å². The molecule has 0 amide bonds. The standard InChI is InChI=1S/C15H15BrIN/c1-11(9-12-5-3-2-4-6-12)18-15-8-7-13(17)10-14(15)16/h2-8,10-11,18H,9H2,1H3. The van der Waals surface area contributed by atoms with Gasteiger partial charge in [0.25, 0.3) is 0 Å². The molecule has 0 spiro atoms. The van der Waals surface area contributed by atoms with E-state index < -0.39 is 0 Å². The summed E-state index contributed by atoms with van der Waals surface area (Å²) in [7, 11) is 0. The molecule has 1 nitrogen and oxygen atoms in total. The zero-order chi connectivity index (χ0) is 13.0. The predicted octanol–water partition coefficient (Wildman–Crippen LogP) is 5.10. The van der Waals surface area contributed by atoms with Crippen LogP contribution >= 0.6 is 38.5 Å². The summed E-state index contributed by atoms with van der Waals surface area (Å²) in [5, 5.41) is 3.54. The van der Waals surface area contributed by atoms with E-state index in [9.17, 15) is 0 Å². The van der Waals surface area contributed by atoms with Gasteiger partial charge < -0.3 is 5.32 Å². The lowest BCUT2D eigenvalue weighted by molar-refractivity contribution is 0.789. The molecule has 2 aromatic rings. The van der Waals surface area contributed by atoms with E-state index in [0.29, 0.717) is 6.04 Å². The second-order valence-electron chi connectivity index (χ2n) is 4.36. The van der Waals surface area contributed by atoms with Crippen LogP contribution in [0.3, 0.4) is 0 Å². The molecule has 94 valence electrons. The van der Waals surface area contributed by atoms with Gasteiger partial charge in [-0.25, -0.2) is 0 Å². The van der Waals surface area contributed by atoms with Crippen molar-refractivity contribution in [3.8, 4) is 0 Å². The lowest BCUT2D eigenvalue weighted by atomic mass is 10.1. The van der Waals surface area contributed by atoms with Crippen LogP contribution in [0, 0.1) is 3.57 Å². The minimum atomic E-state index is 0.406. The van der Waals surface area contributed by atoms with Crippen molar-refractivity contribution in [3.05, 3.63) is 62.1 Å². The average Bonchev–Trinajstić information content (AvgIpc) is 2.34. The van der Waals surface area contributed by atoms with Crippen LogP contribution in [0.15, 0.2) is 53.0 Å². The molecular formula is C15H15BrIN. The highest BCUT2D eigenvalue weighted by atomic mass is 127. The number of anilines is 1. The molecule has 0 aliphatic heterocycles. The summed E-state index contributed by atoms with van der Waals surface area (Å²) in [6, 6.07) is 17.3. The molecule has 18 heavy (non-hydrogen) atoms. The van der Waals surface area contributed by atoms with Gasteiger partial charge in [0.15, 0.2) is 0 Å². The van der Waals surface area contributed by atoms with Gasteiger partial charge in [-0.3, -0.25) is 0 Å². The van der Waals surface area contributed by atoms with E-state index in [1.54, 1.807) is 0 Å². The van der Waals surface area contributed by atoms with Gasteiger partial charge in [-0.1, -0.05) is 30.3 Å². The van der Waals surface area contributed by atoms with E-state index in [4.69, 9.17) is 0 Å². The lowest BCUT2D eigenvalue weighted by Crippen LogP contribution is -2.18. The summed E-state index contributed by atoms with van der Waals surface area (Å²) in [4.78, 5) is 0. The molecule has 2 aromatic carbocycles. The summed E-state index contributed by atoms with van der Waals surface area (Å²) >= 11 is 5.91. The molecule has 1 unspecified atom stereocenters. The van der Waals surface area contributed by atoms with Crippen LogP contribution in [0.2, 0.25) is 0 Å². The molecule has 3 heteroatoms. The number of halogens is 2. The first kappa shape index (κ1) is 13.9. The minimum Gasteiger partial charge on any atom is -0.381 e. The molecule has 0 aromatic heterocycles. The fraction of sp³-hybridized carbons (Fsp3) is 0.200. The zero-order valence-corrected chi connectivity index (χ0v) is 13.9. The monoisotopic (exact) mass is 415 g/mol. The molecule has 0 saturated heterocycles. The smallest absolute Gasteiger partial charge is 0.0487 e. The molecule has 0 bridgehead atoms. The Kier molecular flexibility index (Phi) is 5.06. The second-order valence-corrected chi connectivity index (χ2v) is 6.46. The SMILES string of the molecule is CC(Cc1ccccc1)Nc1ccc(I)cc1Br. The van der Waals surface area contributed by atoms with Crippen molar-refractivity contribution in [3.63, 3.8) is 0 Å². The fourth-order valence-electron chi connectivity index (χ4n) is 1.89. The molecule has 0 heterocycles. The molecule has 0 fully saturated rings. The van der Waals surface area contributed by atoms with Crippen LogP contribution in [0.5, 0.6) is 0 Å². The van der Waals surface area contributed by atoms with Crippen LogP contribution in [0.4, 0.5) is 5.69 Å². The highest BCUT2D eigenvalue weighted by Gasteiger charge is 2.06. The van der Waals surface area contributed by atoms with Gasteiger partial charge in [0.05, 0.1) is 0 Å². The summed E-state index contributed by atoms with van der Waals surface area (Å²) < 4.78 is 2.36. The second kappa shape index (κ2) is 6.57. The summed E-state index contributed by atoms with van der Waals surface area (Å²) in [6.45, 7) is 2.21.